The molecule has 138 valence electrons. The number of halogens is 1. The van der Waals surface area contributed by atoms with Gasteiger partial charge in [-0.15, -0.1) is 0 Å². The maximum atomic E-state index is 12.5. The van der Waals surface area contributed by atoms with E-state index in [1.807, 2.05) is 6.07 Å². The highest BCUT2D eigenvalue weighted by Gasteiger charge is 2.35. The van der Waals surface area contributed by atoms with Crippen molar-refractivity contribution in [1.29, 1.82) is 0 Å². The van der Waals surface area contributed by atoms with E-state index in [-0.39, 0.29) is 10.9 Å². The zero-order chi connectivity index (χ0) is 18.3. The third-order valence-electron chi connectivity index (χ3n) is 5.42. The zero-order valence-electron chi connectivity index (χ0n) is 14.4. The molecule has 2 aliphatic rings. The molecule has 2 fully saturated rings. The molecule has 2 N–H and O–H groups in total. The molecule has 2 unspecified atom stereocenters. The van der Waals surface area contributed by atoms with Crippen LogP contribution < -0.4 is 20.4 Å². The zero-order valence-corrected chi connectivity index (χ0v) is 14.4. The average molecular weight is 361 g/mol. The minimum atomic E-state index is -1.31. The number of methoxy groups -OCH3 is 1. The first-order valence-electron chi connectivity index (χ1n) is 8.67. The number of nitrogens with zero attached hydrogens (tertiary/aromatic N) is 1. The largest absolute Gasteiger partial charge is 0.492 e. The molecule has 0 spiro atoms. The lowest BCUT2D eigenvalue weighted by Gasteiger charge is -2.24. The molecule has 2 aliphatic heterocycles. The average Bonchev–Trinajstić information content (AvgIpc) is 3.10. The van der Waals surface area contributed by atoms with Gasteiger partial charge in [0.1, 0.15) is 5.56 Å². The summed E-state index contributed by atoms with van der Waals surface area (Å²) in [6.45, 7) is 2.85. The Labute approximate surface area is 149 Å². The Balaban J connectivity index is 1.77. The molecule has 7 nitrogen and oxygen atoms in total. The van der Waals surface area contributed by atoms with Gasteiger partial charge in [-0.1, -0.05) is 0 Å². The highest BCUT2D eigenvalue weighted by molar-refractivity contribution is 5.96. The monoisotopic (exact) mass is 361 g/mol. The standard InChI is InChI=1S/C18H20FN3O4/c1-25-17-14(22-8-10-3-2-6-20-13(10)9-22)5-4-11-15(17)21-7-12(16(11)23)18(24)26-19/h4-5,7,10,13,20H,2-3,6,8-9H2,1H3,(H,21,23). The van der Waals surface area contributed by atoms with Crippen molar-refractivity contribution in [3.8, 4) is 5.75 Å². The smallest absolute Gasteiger partial charge is 0.384 e. The summed E-state index contributed by atoms with van der Waals surface area (Å²) in [5.41, 5.74) is 0.398. The number of rotatable bonds is 3. The van der Waals surface area contributed by atoms with Crippen molar-refractivity contribution in [2.24, 2.45) is 5.92 Å². The molecule has 4 rings (SSSR count). The number of aromatic nitrogens is 1. The van der Waals surface area contributed by atoms with E-state index in [0.29, 0.717) is 23.2 Å². The first-order chi connectivity index (χ1) is 12.6. The summed E-state index contributed by atoms with van der Waals surface area (Å²) in [7, 11) is 1.54. The van der Waals surface area contributed by atoms with Crippen LogP contribution in [0.15, 0.2) is 23.1 Å². The molecule has 1 aromatic heterocycles. The lowest BCUT2D eigenvalue weighted by Crippen LogP contribution is -2.40. The molecular weight excluding hydrogens is 341 g/mol. The van der Waals surface area contributed by atoms with Gasteiger partial charge in [0.05, 0.1) is 23.7 Å². The summed E-state index contributed by atoms with van der Waals surface area (Å²) >= 11 is 0. The van der Waals surface area contributed by atoms with E-state index in [1.54, 1.807) is 13.2 Å². The van der Waals surface area contributed by atoms with Gasteiger partial charge in [0.2, 0.25) is 5.43 Å². The maximum absolute atomic E-state index is 12.5. The Morgan fingerprint density at radius 3 is 2.92 bits per heavy atom. The maximum Gasteiger partial charge on any atom is 0.384 e. The van der Waals surface area contributed by atoms with Crippen LogP contribution in [0.3, 0.4) is 0 Å². The molecule has 2 atom stereocenters. The van der Waals surface area contributed by atoms with Crippen molar-refractivity contribution in [2.75, 3.05) is 31.6 Å². The normalized spacial score (nSPS) is 22.3. The second kappa shape index (κ2) is 6.60. The van der Waals surface area contributed by atoms with Gasteiger partial charge in [-0.05, 0) is 37.4 Å². The summed E-state index contributed by atoms with van der Waals surface area (Å²) < 4.78 is 17.8. The van der Waals surface area contributed by atoms with E-state index in [9.17, 15) is 14.1 Å². The number of ether oxygens (including phenoxy) is 1. The molecular formula is C18H20FN3O4. The van der Waals surface area contributed by atoms with Crippen LogP contribution in [0, 0.1) is 5.92 Å². The fourth-order valence-electron chi connectivity index (χ4n) is 4.15. The summed E-state index contributed by atoms with van der Waals surface area (Å²) in [5.74, 6) is -0.172. The van der Waals surface area contributed by atoms with Crippen LogP contribution >= 0.6 is 0 Å². The Morgan fingerprint density at radius 2 is 2.19 bits per heavy atom. The number of pyridine rings is 1. The van der Waals surface area contributed by atoms with Crippen LogP contribution in [0.25, 0.3) is 10.9 Å². The first kappa shape index (κ1) is 16.8. The highest BCUT2D eigenvalue weighted by atomic mass is 19.3. The van der Waals surface area contributed by atoms with Crippen LogP contribution in [0.1, 0.15) is 23.2 Å². The van der Waals surface area contributed by atoms with E-state index in [1.165, 1.54) is 12.8 Å². The number of carbonyl (C=O) groups is 1. The second-order valence-electron chi connectivity index (χ2n) is 6.80. The van der Waals surface area contributed by atoms with Crippen molar-refractivity contribution >= 4 is 22.6 Å². The third kappa shape index (κ3) is 2.61. The van der Waals surface area contributed by atoms with Crippen molar-refractivity contribution in [3.05, 3.63) is 34.1 Å². The number of carbonyl (C=O) groups excluding carboxylic acids is 1. The van der Waals surface area contributed by atoms with Gasteiger partial charge in [0, 0.05) is 29.9 Å². The minimum absolute atomic E-state index is 0.253. The Morgan fingerprint density at radius 1 is 1.35 bits per heavy atom. The molecule has 8 heteroatoms. The van der Waals surface area contributed by atoms with Crippen LogP contribution in [0.4, 0.5) is 10.2 Å². The quantitative estimate of drug-likeness (QED) is 0.867. The number of nitrogens with one attached hydrogen (secondary N) is 2. The van der Waals surface area contributed by atoms with E-state index in [4.69, 9.17) is 4.74 Å². The molecule has 3 heterocycles. The summed E-state index contributed by atoms with van der Waals surface area (Å²) in [6.07, 6.45) is 3.55. The number of hydrogen-bond donors (Lipinski definition) is 2. The van der Waals surface area contributed by atoms with E-state index in [2.05, 4.69) is 20.1 Å². The van der Waals surface area contributed by atoms with E-state index in [0.717, 1.165) is 31.5 Å². The van der Waals surface area contributed by atoms with Gasteiger partial charge in [-0.3, -0.25) is 4.79 Å². The van der Waals surface area contributed by atoms with Crippen molar-refractivity contribution in [1.82, 2.24) is 10.3 Å². The van der Waals surface area contributed by atoms with Gasteiger partial charge < -0.3 is 19.9 Å². The van der Waals surface area contributed by atoms with Crippen molar-refractivity contribution in [3.63, 3.8) is 0 Å². The molecule has 1 aromatic carbocycles. The molecule has 0 bridgehead atoms. The van der Waals surface area contributed by atoms with Crippen LogP contribution in [-0.2, 0) is 4.94 Å². The molecule has 0 amide bonds. The number of benzene rings is 1. The lowest BCUT2D eigenvalue weighted by atomic mass is 9.94. The molecule has 0 aliphatic carbocycles. The van der Waals surface area contributed by atoms with Crippen LogP contribution in [0.2, 0.25) is 0 Å². The first-order valence-corrected chi connectivity index (χ1v) is 8.67. The number of hydrogen-bond acceptors (Lipinski definition) is 6. The minimum Gasteiger partial charge on any atom is -0.492 e. The topological polar surface area (TPSA) is 83.7 Å². The van der Waals surface area contributed by atoms with Crippen LogP contribution in [-0.4, -0.2) is 43.7 Å². The third-order valence-corrected chi connectivity index (χ3v) is 5.42. The Bertz CT molecular complexity index is 899. The lowest BCUT2D eigenvalue weighted by molar-refractivity contribution is -0.0789. The summed E-state index contributed by atoms with van der Waals surface area (Å²) in [6, 6.07) is 3.92. The number of H-pyrrole nitrogens is 1. The number of anilines is 1. The Hall–Kier alpha value is -2.61. The van der Waals surface area contributed by atoms with Gasteiger partial charge in [0.25, 0.3) is 0 Å². The predicted molar refractivity (Wildman–Crippen MR) is 94.4 cm³/mol. The number of fused-ring (bicyclic) bond motifs is 2. The molecule has 0 radical (unpaired) electrons. The van der Waals surface area contributed by atoms with E-state index >= 15 is 0 Å². The Kier molecular flexibility index (Phi) is 4.28. The predicted octanol–water partition coefficient (Wildman–Crippen LogP) is 1.77. The summed E-state index contributed by atoms with van der Waals surface area (Å²) in [5, 5.41) is 3.82. The SMILES string of the molecule is COc1c(N2CC3CCCNC3C2)ccc2c(=O)c(C(=O)OF)c[nH]c12. The highest BCUT2D eigenvalue weighted by Crippen LogP contribution is 2.38. The second-order valence-corrected chi connectivity index (χ2v) is 6.80. The molecule has 2 aromatic rings. The van der Waals surface area contributed by atoms with E-state index < -0.39 is 11.4 Å². The van der Waals surface area contributed by atoms with Crippen molar-refractivity contribution in [2.45, 2.75) is 18.9 Å². The fraction of sp³-hybridized carbons (Fsp3) is 0.444. The van der Waals surface area contributed by atoms with Crippen molar-refractivity contribution < 1.29 is 19.0 Å². The van der Waals surface area contributed by atoms with Crippen LogP contribution in [0.5, 0.6) is 5.75 Å². The number of aromatic amines is 1. The molecule has 2 saturated heterocycles. The van der Waals surface area contributed by atoms with Gasteiger partial charge in [-0.2, -0.15) is 0 Å². The summed E-state index contributed by atoms with van der Waals surface area (Å²) in [4.78, 5) is 32.2. The van der Waals surface area contributed by atoms with Gasteiger partial charge in [-0.25, -0.2) is 9.74 Å². The molecule has 0 saturated carbocycles. The van der Waals surface area contributed by atoms with Gasteiger partial charge >= 0.3 is 5.97 Å². The van der Waals surface area contributed by atoms with Gasteiger partial charge in [0.15, 0.2) is 5.75 Å². The fourth-order valence-corrected chi connectivity index (χ4v) is 4.15. The number of piperidine rings is 1. The molecule has 26 heavy (non-hydrogen) atoms.